The van der Waals surface area contributed by atoms with Crippen LogP contribution in [-0.2, 0) is 0 Å². The van der Waals surface area contributed by atoms with E-state index >= 15 is 0 Å². The van der Waals surface area contributed by atoms with Crippen LogP contribution in [0.25, 0.3) is 0 Å². The summed E-state index contributed by atoms with van der Waals surface area (Å²) in [7, 11) is 0. The van der Waals surface area contributed by atoms with E-state index in [1.807, 2.05) is 0 Å². The highest BCUT2D eigenvalue weighted by Crippen LogP contribution is 2.27. The summed E-state index contributed by atoms with van der Waals surface area (Å²) in [5.41, 5.74) is 0.325. The number of alkyl halides is 1. The Balaban J connectivity index is 2.33. The molecule has 0 spiro atoms. The molecular formula is C14H8BrClF2O. The van der Waals surface area contributed by atoms with Crippen LogP contribution in [0.1, 0.15) is 21.3 Å². The minimum absolute atomic E-state index is 0.0984. The lowest BCUT2D eigenvalue weighted by Gasteiger charge is -2.10. The van der Waals surface area contributed by atoms with Crippen LogP contribution < -0.4 is 0 Å². The van der Waals surface area contributed by atoms with Gasteiger partial charge in [-0.25, -0.2) is 8.78 Å². The van der Waals surface area contributed by atoms with Crippen molar-refractivity contribution >= 4 is 33.3 Å². The Morgan fingerprint density at radius 1 is 1.11 bits per heavy atom. The molecule has 0 saturated heterocycles. The maximum Gasteiger partial charge on any atom is 0.188 e. The van der Waals surface area contributed by atoms with E-state index in [4.69, 9.17) is 11.6 Å². The molecule has 19 heavy (non-hydrogen) atoms. The van der Waals surface area contributed by atoms with Gasteiger partial charge in [0.15, 0.2) is 5.78 Å². The summed E-state index contributed by atoms with van der Waals surface area (Å²) in [6.45, 7) is 0. The number of Topliss-reactive ketones (excluding diaryl/α,β-unsaturated/α-hetero) is 1. The lowest BCUT2D eigenvalue weighted by Crippen LogP contribution is -2.09. The van der Waals surface area contributed by atoms with Crippen molar-refractivity contribution in [3.05, 3.63) is 69.7 Å². The van der Waals surface area contributed by atoms with Gasteiger partial charge >= 0.3 is 0 Å². The zero-order chi connectivity index (χ0) is 14.0. The van der Waals surface area contributed by atoms with E-state index in [1.165, 1.54) is 42.5 Å². The van der Waals surface area contributed by atoms with Gasteiger partial charge in [-0.3, -0.25) is 4.79 Å². The summed E-state index contributed by atoms with van der Waals surface area (Å²) in [6.07, 6.45) is 0. The van der Waals surface area contributed by atoms with E-state index in [2.05, 4.69) is 15.9 Å². The number of hydrogen-bond donors (Lipinski definition) is 0. The molecule has 2 aromatic rings. The van der Waals surface area contributed by atoms with Crippen molar-refractivity contribution in [1.82, 2.24) is 0 Å². The van der Waals surface area contributed by atoms with Crippen molar-refractivity contribution in [1.29, 1.82) is 0 Å². The van der Waals surface area contributed by atoms with Gasteiger partial charge in [-0.05, 0) is 35.9 Å². The molecule has 0 radical (unpaired) electrons. The first-order valence-corrected chi connectivity index (χ1v) is 6.61. The van der Waals surface area contributed by atoms with Crippen molar-refractivity contribution < 1.29 is 13.6 Å². The van der Waals surface area contributed by atoms with E-state index < -0.39 is 22.8 Å². The Morgan fingerprint density at radius 3 is 2.37 bits per heavy atom. The molecule has 0 bridgehead atoms. The molecule has 0 aromatic heterocycles. The van der Waals surface area contributed by atoms with Crippen molar-refractivity contribution in [2.24, 2.45) is 0 Å². The first kappa shape index (κ1) is 14.2. The third-order valence-electron chi connectivity index (χ3n) is 2.59. The van der Waals surface area contributed by atoms with E-state index in [9.17, 15) is 13.6 Å². The summed E-state index contributed by atoms with van der Waals surface area (Å²) in [5.74, 6) is -1.62. The van der Waals surface area contributed by atoms with Gasteiger partial charge in [-0.2, -0.15) is 0 Å². The van der Waals surface area contributed by atoms with Crippen molar-refractivity contribution in [2.45, 2.75) is 5.38 Å². The van der Waals surface area contributed by atoms with E-state index in [0.717, 1.165) is 0 Å². The fourth-order valence-corrected chi connectivity index (χ4v) is 2.23. The number of halogens is 4. The second kappa shape index (κ2) is 5.80. The van der Waals surface area contributed by atoms with Crippen LogP contribution in [0.4, 0.5) is 8.78 Å². The molecule has 98 valence electrons. The van der Waals surface area contributed by atoms with Crippen molar-refractivity contribution in [3.8, 4) is 0 Å². The minimum Gasteiger partial charge on any atom is -0.292 e. The second-order valence-electron chi connectivity index (χ2n) is 3.90. The highest BCUT2D eigenvalue weighted by molar-refractivity contribution is 9.10. The van der Waals surface area contributed by atoms with Crippen LogP contribution in [0, 0.1) is 11.6 Å². The van der Waals surface area contributed by atoms with E-state index in [0.29, 0.717) is 10.0 Å². The molecule has 2 aromatic carbocycles. The molecule has 0 saturated carbocycles. The molecule has 0 fully saturated rings. The highest BCUT2D eigenvalue weighted by atomic mass is 79.9. The molecule has 5 heteroatoms. The lowest BCUT2D eigenvalue weighted by atomic mass is 10.0. The Morgan fingerprint density at radius 2 is 1.74 bits per heavy atom. The van der Waals surface area contributed by atoms with Crippen LogP contribution in [-0.4, -0.2) is 5.78 Å². The largest absolute Gasteiger partial charge is 0.292 e. The summed E-state index contributed by atoms with van der Waals surface area (Å²) in [4.78, 5) is 12.1. The predicted octanol–water partition coefficient (Wildman–Crippen LogP) is 4.89. The first-order valence-electron chi connectivity index (χ1n) is 5.38. The third-order valence-corrected chi connectivity index (χ3v) is 3.53. The van der Waals surface area contributed by atoms with Crippen LogP contribution in [0.5, 0.6) is 0 Å². The maximum absolute atomic E-state index is 13.6. The fraction of sp³-hybridized carbons (Fsp3) is 0.0714. The first-order chi connectivity index (χ1) is 8.99. The predicted molar refractivity (Wildman–Crippen MR) is 73.4 cm³/mol. The quantitative estimate of drug-likeness (QED) is 0.572. The Labute approximate surface area is 122 Å². The molecule has 2 rings (SSSR count). The van der Waals surface area contributed by atoms with Crippen LogP contribution in [0.3, 0.4) is 0 Å². The number of rotatable bonds is 3. The molecule has 0 aliphatic heterocycles. The molecule has 0 amide bonds. The molecule has 0 N–H and O–H groups in total. The van der Waals surface area contributed by atoms with Crippen molar-refractivity contribution in [2.75, 3.05) is 0 Å². The zero-order valence-corrected chi connectivity index (χ0v) is 11.9. The summed E-state index contributed by atoms with van der Waals surface area (Å²) in [6, 6.07) is 9.27. The average Bonchev–Trinajstić information content (AvgIpc) is 2.41. The van der Waals surface area contributed by atoms with E-state index in [1.54, 1.807) is 0 Å². The van der Waals surface area contributed by atoms with Crippen LogP contribution in [0.2, 0.25) is 0 Å². The molecule has 1 nitrogen and oxygen atoms in total. The zero-order valence-electron chi connectivity index (χ0n) is 9.54. The number of carbonyl (C=O) groups is 1. The Kier molecular flexibility index (Phi) is 4.32. The molecule has 0 heterocycles. The molecular weight excluding hydrogens is 338 g/mol. The highest BCUT2D eigenvalue weighted by Gasteiger charge is 2.22. The van der Waals surface area contributed by atoms with Gasteiger partial charge < -0.3 is 0 Å². The van der Waals surface area contributed by atoms with Gasteiger partial charge in [0, 0.05) is 4.47 Å². The average molecular weight is 346 g/mol. The second-order valence-corrected chi connectivity index (χ2v) is 5.25. The smallest absolute Gasteiger partial charge is 0.188 e. The topological polar surface area (TPSA) is 17.1 Å². The van der Waals surface area contributed by atoms with Gasteiger partial charge in [-0.15, -0.1) is 11.6 Å². The number of benzene rings is 2. The SMILES string of the molecule is O=C(c1cc(Br)ccc1F)C(Cl)c1ccc(F)cc1. The van der Waals surface area contributed by atoms with Gasteiger partial charge in [0.25, 0.3) is 0 Å². The van der Waals surface area contributed by atoms with Gasteiger partial charge in [0.05, 0.1) is 5.56 Å². The minimum atomic E-state index is -1.05. The van der Waals surface area contributed by atoms with Gasteiger partial charge in [-0.1, -0.05) is 28.1 Å². The monoisotopic (exact) mass is 344 g/mol. The third kappa shape index (κ3) is 3.19. The number of ketones is 1. The summed E-state index contributed by atoms with van der Waals surface area (Å²) >= 11 is 9.18. The molecule has 0 aliphatic carbocycles. The summed E-state index contributed by atoms with van der Waals surface area (Å²) in [5, 5.41) is -1.05. The fourth-order valence-electron chi connectivity index (χ4n) is 1.61. The van der Waals surface area contributed by atoms with Crippen molar-refractivity contribution in [3.63, 3.8) is 0 Å². The standard InChI is InChI=1S/C14H8BrClF2O/c15-9-3-6-12(18)11(7-9)14(19)13(16)8-1-4-10(17)5-2-8/h1-7,13H. The lowest BCUT2D eigenvalue weighted by molar-refractivity contribution is 0.0983. The molecule has 1 unspecified atom stereocenters. The Bertz CT molecular complexity index is 613. The Hall–Kier alpha value is -1.26. The summed E-state index contributed by atoms with van der Waals surface area (Å²) < 4.78 is 27.0. The van der Waals surface area contributed by atoms with E-state index in [-0.39, 0.29) is 5.56 Å². The van der Waals surface area contributed by atoms with Crippen LogP contribution in [0.15, 0.2) is 46.9 Å². The molecule has 1 atom stereocenters. The number of carbonyl (C=O) groups excluding carboxylic acids is 1. The normalized spacial score (nSPS) is 12.2. The maximum atomic E-state index is 13.6. The van der Waals surface area contributed by atoms with Crippen LogP contribution >= 0.6 is 27.5 Å². The molecule has 0 aliphatic rings. The number of hydrogen-bond acceptors (Lipinski definition) is 1. The van der Waals surface area contributed by atoms with Gasteiger partial charge in [0.2, 0.25) is 0 Å². The van der Waals surface area contributed by atoms with Gasteiger partial charge in [0.1, 0.15) is 17.0 Å².